The van der Waals surface area contributed by atoms with Gasteiger partial charge >= 0.3 is 0 Å². The third-order valence-corrected chi connectivity index (χ3v) is 1.50. The van der Waals surface area contributed by atoms with Crippen LogP contribution in [0, 0.1) is 0 Å². The summed E-state index contributed by atoms with van der Waals surface area (Å²) in [4.78, 5) is 0. The minimum absolute atomic E-state index is 0. The Morgan fingerprint density at radius 2 is 2.23 bits per heavy atom. The Labute approximate surface area is 84.8 Å². The molecule has 0 amide bonds. The van der Waals surface area contributed by atoms with Crippen LogP contribution in [0.1, 0.15) is 5.56 Å². The maximum atomic E-state index is 5.47. The van der Waals surface area contributed by atoms with Crippen LogP contribution in [0.3, 0.4) is 0 Å². The number of nitrogens with two attached hydrogens (primary N) is 1. The van der Waals surface area contributed by atoms with Crippen molar-refractivity contribution in [3.8, 4) is 5.75 Å². The molecule has 0 unspecified atom stereocenters. The molecule has 0 radical (unpaired) electrons. The highest BCUT2D eigenvalue weighted by Crippen LogP contribution is 2.12. The highest BCUT2D eigenvalue weighted by molar-refractivity contribution is 5.85. The Balaban J connectivity index is 0.00000144. The van der Waals surface area contributed by atoms with Gasteiger partial charge in [0.25, 0.3) is 0 Å². The Hall–Kier alpha value is -0.990. The smallest absolute Gasteiger partial charge is 0.120 e. The second-order valence-electron chi connectivity index (χ2n) is 2.45. The molecule has 3 heteroatoms. The van der Waals surface area contributed by atoms with Crippen LogP contribution < -0.4 is 10.5 Å². The Bertz CT molecular complexity index is 263. The standard InChI is InChI=1S/C10H13NO.ClH/c1-2-6-12-10-5-3-4-9(7-10)8-11;/h2-5,7H,1,6,8,11H2;1H. The molecular weight excluding hydrogens is 186 g/mol. The number of benzene rings is 1. The van der Waals surface area contributed by atoms with Crippen molar-refractivity contribution in [2.75, 3.05) is 6.61 Å². The fraction of sp³-hybridized carbons (Fsp3) is 0.200. The predicted octanol–water partition coefficient (Wildman–Crippen LogP) is 2.13. The average Bonchev–Trinajstić information content (AvgIpc) is 2.15. The molecule has 1 aromatic rings. The molecule has 0 atom stereocenters. The first kappa shape index (κ1) is 12.0. The summed E-state index contributed by atoms with van der Waals surface area (Å²) in [5.74, 6) is 0.845. The molecule has 1 aromatic carbocycles. The van der Waals surface area contributed by atoms with Crippen molar-refractivity contribution < 1.29 is 4.74 Å². The topological polar surface area (TPSA) is 35.2 Å². The van der Waals surface area contributed by atoms with Gasteiger partial charge in [0.2, 0.25) is 0 Å². The fourth-order valence-electron chi connectivity index (χ4n) is 0.917. The molecule has 0 aliphatic carbocycles. The van der Waals surface area contributed by atoms with Gasteiger partial charge in [0.15, 0.2) is 0 Å². The molecular formula is C10H14ClNO. The van der Waals surface area contributed by atoms with Crippen molar-refractivity contribution >= 4 is 12.4 Å². The zero-order valence-electron chi connectivity index (χ0n) is 7.40. The quantitative estimate of drug-likeness (QED) is 0.755. The van der Waals surface area contributed by atoms with Crippen molar-refractivity contribution in [2.24, 2.45) is 5.73 Å². The van der Waals surface area contributed by atoms with Gasteiger partial charge in [0.1, 0.15) is 12.4 Å². The summed E-state index contributed by atoms with van der Waals surface area (Å²) in [6.45, 7) is 4.65. The van der Waals surface area contributed by atoms with E-state index in [1.165, 1.54) is 0 Å². The van der Waals surface area contributed by atoms with Crippen molar-refractivity contribution in [1.29, 1.82) is 0 Å². The molecule has 2 N–H and O–H groups in total. The van der Waals surface area contributed by atoms with Gasteiger partial charge in [0, 0.05) is 6.54 Å². The second kappa shape index (κ2) is 6.52. The molecule has 0 aromatic heterocycles. The van der Waals surface area contributed by atoms with Gasteiger partial charge in [-0.1, -0.05) is 24.8 Å². The number of ether oxygens (including phenoxy) is 1. The lowest BCUT2D eigenvalue weighted by molar-refractivity contribution is 0.363. The third-order valence-electron chi connectivity index (χ3n) is 1.50. The van der Waals surface area contributed by atoms with Crippen molar-refractivity contribution in [3.05, 3.63) is 42.5 Å². The van der Waals surface area contributed by atoms with Crippen LogP contribution in [-0.2, 0) is 6.54 Å². The lowest BCUT2D eigenvalue weighted by Gasteiger charge is -2.03. The van der Waals surface area contributed by atoms with E-state index in [0.717, 1.165) is 11.3 Å². The summed E-state index contributed by atoms with van der Waals surface area (Å²) >= 11 is 0. The molecule has 0 heterocycles. The van der Waals surface area contributed by atoms with E-state index in [1.54, 1.807) is 6.08 Å². The summed E-state index contributed by atoms with van der Waals surface area (Å²) in [6.07, 6.45) is 1.72. The largest absolute Gasteiger partial charge is 0.490 e. The second-order valence-corrected chi connectivity index (χ2v) is 2.45. The summed E-state index contributed by atoms with van der Waals surface area (Å²) < 4.78 is 5.32. The summed E-state index contributed by atoms with van der Waals surface area (Å²) in [5.41, 5.74) is 6.55. The van der Waals surface area contributed by atoms with Gasteiger partial charge in [-0.25, -0.2) is 0 Å². The van der Waals surface area contributed by atoms with E-state index in [9.17, 15) is 0 Å². The van der Waals surface area contributed by atoms with E-state index in [4.69, 9.17) is 10.5 Å². The number of rotatable bonds is 4. The van der Waals surface area contributed by atoms with Crippen LogP contribution in [0.25, 0.3) is 0 Å². The van der Waals surface area contributed by atoms with Gasteiger partial charge < -0.3 is 10.5 Å². The fourth-order valence-corrected chi connectivity index (χ4v) is 0.917. The van der Waals surface area contributed by atoms with Crippen molar-refractivity contribution in [2.45, 2.75) is 6.54 Å². The molecule has 2 nitrogen and oxygen atoms in total. The zero-order chi connectivity index (χ0) is 8.81. The van der Waals surface area contributed by atoms with Crippen molar-refractivity contribution in [3.63, 3.8) is 0 Å². The van der Waals surface area contributed by atoms with E-state index in [2.05, 4.69) is 6.58 Å². The molecule has 1 rings (SSSR count). The van der Waals surface area contributed by atoms with Gasteiger partial charge in [-0.2, -0.15) is 0 Å². The molecule has 13 heavy (non-hydrogen) atoms. The summed E-state index contributed by atoms with van der Waals surface area (Å²) in [7, 11) is 0. The monoisotopic (exact) mass is 199 g/mol. The third kappa shape index (κ3) is 3.97. The molecule has 0 saturated heterocycles. The lowest BCUT2D eigenvalue weighted by atomic mass is 10.2. The Morgan fingerprint density at radius 1 is 1.46 bits per heavy atom. The SMILES string of the molecule is C=CCOc1cccc(CN)c1.Cl. The number of halogens is 1. The average molecular weight is 200 g/mol. The summed E-state index contributed by atoms with van der Waals surface area (Å²) in [5, 5.41) is 0. The normalized spacial score (nSPS) is 8.69. The van der Waals surface area contributed by atoms with E-state index in [0.29, 0.717) is 13.2 Å². The van der Waals surface area contributed by atoms with Gasteiger partial charge in [-0.3, -0.25) is 0 Å². The maximum Gasteiger partial charge on any atom is 0.120 e. The van der Waals surface area contributed by atoms with Crippen LogP contribution >= 0.6 is 12.4 Å². The van der Waals surface area contributed by atoms with Crippen LogP contribution in [0.15, 0.2) is 36.9 Å². The maximum absolute atomic E-state index is 5.47. The Morgan fingerprint density at radius 3 is 2.85 bits per heavy atom. The number of hydrogen-bond acceptors (Lipinski definition) is 2. The predicted molar refractivity (Wildman–Crippen MR) is 57.3 cm³/mol. The molecule has 72 valence electrons. The number of hydrogen-bond donors (Lipinski definition) is 1. The van der Waals surface area contributed by atoms with E-state index in [1.807, 2.05) is 24.3 Å². The molecule has 0 aliphatic heterocycles. The Kier molecular flexibility index (Phi) is 6.02. The van der Waals surface area contributed by atoms with Gasteiger partial charge in [-0.15, -0.1) is 12.4 Å². The molecule has 0 fully saturated rings. The van der Waals surface area contributed by atoms with E-state index in [-0.39, 0.29) is 12.4 Å². The minimum atomic E-state index is 0. The van der Waals surface area contributed by atoms with Crippen LogP contribution in [0.2, 0.25) is 0 Å². The highest BCUT2D eigenvalue weighted by Gasteiger charge is 1.92. The molecule has 0 aliphatic rings. The van der Waals surface area contributed by atoms with Crippen molar-refractivity contribution in [1.82, 2.24) is 0 Å². The molecule has 0 saturated carbocycles. The molecule has 0 spiro atoms. The zero-order valence-corrected chi connectivity index (χ0v) is 8.22. The highest BCUT2D eigenvalue weighted by atomic mass is 35.5. The first-order chi connectivity index (χ1) is 5.86. The van der Waals surface area contributed by atoms with Crippen LogP contribution in [0.5, 0.6) is 5.75 Å². The summed E-state index contributed by atoms with van der Waals surface area (Å²) in [6, 6.07) is 7.74. The van der Waals surface area contributed by atoms with Gasteiger partial charge in [-0.05, 0) is 17.7 Å². The van der Waals surface area contributed by atoms with Crippen LogP contribution in [0.4, 0.5) is 0 Å². The van der Waals surface area contributed by atoms with E-state index >= 15 is 0 Å². The van der Waals surface area contributed by atoms with Gasteiger partial charge in [0.05, 0.1) is 0 Å². The first-order valence-corrected chi connectivity index (χ1v) is 3.89. The first-order valence-electron chi connectivity index (χ1n) is 3.89. The molecule has 0 bridgehead atoms. The lowest BCUT2D eigenvalue weighted by Crippen LogP contribution is -1.97. The minimum Gasteiger partial charge on any atom is -0.490 e. The van der Waals surface area contributed by atoms with E-state index < -0.39 is 0 Å². The van der Waals surface area contributed by atoms with Crippen LogP contribution in [-0.4, -0.2) is 6.61 Å².